The fourth-order valence-corrected chi connectivity index (χ4v) is 3.90. The summed E-state index contributed by atoms with van der Waals surface area (Å²) in [5, 5.41) is 8.02. The summed E-state index contributed by atoms with van der Waals surface area (Å²) in [7, 11) is 0. The van der Waals surface area contributed by atoms with Crippen molar-refractivity contribution in [2.75, 3.05) is 5.75 Å². The molecule has 0 unspecified atom stereocenters. The molecule has 0 amide bonds. The summed E-state index contributed by atoms with van der Waals surface area (Å²) in [6.07, 6.45) is 2.94. The second kappa shape index (κ2) is 4.42. The van der Waals surface area contributed by atoms with Crippen molar-refractivity contribution in [1.29, 1.82) is 0 Å². The molecule has 0 aliphatic carbocycles. The number of rotatable bonds is 1. The number of nitrogens with zero attached hydrogens (tertiary/aromatic N) is 3. The van der Waals surface area contributed by atoms with Gasteiger partial charge in [-0.2, -0.15) is 5.10 Å². The second-order valence-corrected chi connectivity index (χ2v) is 5.88. The lowest BCUT2D eigenvalue weighted by Gasteiger charge is -2.32. The first-order valence-electron chi connectivity index (χ1n) is 6.45. The Hall–Kier alpha value is -1.75. The van der Waals surface area contributed by atoms with Crippen LogP contribution in [-0.2, 0) is 13.0 Å². The molecule has 96 valence electrons. The highest BCUT2D eigenvalue weighted by molar-refractivity contribution is 8.14. The third kappa shape index (κ3) is 1.94. The zero-order valence-electron chi connectivity index (χ0n) is 10.4. The third-order valence-electron chi connectivity index (χ3n) is 3.70. The molecule has 1 fully saturated rings. The summed E-state index contributed by atoms with van der Waals surface area (Å²) in [6.45, 7) is 0.969. The van der Waals surface area contributed by atoms with Gasteiger partial charge in [0.1, 0.15) is 0 Å². The predicted octanol–water partition coefficient (Wildman–Crippen LogP) is 2.57. The summed E-state index contributed by atoms with van der Waals surface area (Å²) >= 11 is 1.84. The summed E-state index contributed by atoms with van der Waals surface area (Å²) in [6, 6.07) is 11.2. The lowest BCUT2D eigenvalue weighted by Crippen LogP contribution is -2.38. The van der Waals surface area contributed by atoms with E-state index in [0.717, 1.165) is 29.7 Å². The van der Waals surface area contributed by atoms with E-state index in [0.29, 0.717) is 6.04 Å². The number of hydrogen-bond acceptors (Lipinski definition) is 3. The molecule has 4 nitrogen and oxygen atoms in total. The summed E-state index contributed by atoms with van der Waals surface area (Å²) in [5.74, 6) is 1.89. The Morgan fingerprint density at radius 3 is 3.00 bits per heavy atom. The van der Waals surface area contributed by atoms with Crippen molar-refractivity contribution in [3.05, 3.63) is 47.7 Å². The normalized spacial score (nSPS) is 23.5. The Kier molecular flexibility index (Phi) is 2.58. The van der Waals surface area contributed by atoms with E-state index in [4.69, 9.17) is 0 Å². The first-order chi connectivity index (χ1) is 9.40. The van der Waals surface area contributed by atoms with Crippen LogP contribution in [0.2, 0.25) is 0 Å². The Morgan fingerprint density at radius 1 is 1.26 bits per heavy atom. The van der Waals surface area contributed by atoms with Crippen molar-refractivity contribution < 1.29 is 0 Å². The van der Waals surface area contributed by atoms with Crippen molar-refractivity contribution in [2.24, 2.45) is 4.99 Å². The number of fused-ring (bicyclic) bond motifs is 2. The molecule has 0 radical (unpaired) electrons. The van der Waals surface area contributed by atoms with Gasteiger partial charge in [-0.15, -0.1) is 0 Å². The van der Waals surface area contributed by atoms with E-state index >= 15 is 0 Å². The number of aromatic amines is 1. The lowest BCUT2D eigenvalue weighted by molar-refractivity contribution is 0.320. The first-order valence-corrected chi connectivity index (χ1v) is 7.43. The second-order valence-electron chi connectivity index (χ2n) is 4.89. The first kappa shape index (κ1) is 11.1. The predicted molar refractivity (Wildman–Crippen MR) is 77.6 cm³/mol. The minimum Gasteiger partial charge on any atom is -0.343 e. The molecule has 1 N–H and O–H groups in total. The van der Waals surface area contributed by atoms with E-state index < -0.39 is 0 Å². The van der Waals surface area contributed by atoms with Gasteiger partial charge in [-0.05, 0) is 17.5 Å². The van der Waals surface area contributed by atoms with Crippen LogP contribution in [0.15, 0.2) is 41.5 Å². The number of thioether (sulfide) groups is 1. The number of hydrogen-bond donors (Lipinski definition) is 1. The van der Waals surface area contributed by atoms with Crippen LogP contribution in [0.25, 0.3) is 0 Å². The van der Waals surface area contributed by atoms with Gasteiger partial charge in [-0.3, -0.25) is 5.10 Å². The molecule has 0 saturated carbocycles. The Labute approximate surface area is 115 Å². The number of nitrogens with one attached hydrogen (secondary N) is 1. The van der Waals surface area contributed by atoms with Crippen LogP contribution in [-0.4, -0.2) is 32.1 Å². The Bertz CT molecular complexity index is 620. The lowest BCUT2D eigenvalue weighted by atomic mass is 9.95. The van der Waals surface area contributed by atoms with Gasteiger partial charge in [0.15, 0.2) is 11.0 Å². The van der Waals surface area contributed by atoms with E-state index in [-0.39, 0.29) is 0 Å². The molecular weight excluding hydrogens is 256 g/mol. The maximum absolute atomic E-state index is 4.64. The van der Waals surface area contributed by atoms with E-state index in [1.807, 2.05) is 24.0 Å². The number of amidine groups is 1. The van der Waals surface area contributed by atoms with Gasteiger partial charge in [0.25, 0.3) is 0 Å². The molecule has 2 aliphatic heterocycles. The van der Waals surface area contributed by atoms with Gasteiger partial charge in [-0.25, -0.2) is 4.99 Å². The molecule has 1 saturated heterocycles. The third-order valence-corrected chi connectivity index (χ3v) is 4.84. The SMILES string of the molecule is c1ccc2c(c1)C[C@H]1CSC(=Nc3cc[nH]n3)N1C2. The Morgan fingerprint density at radius 2 is 2.16 bits per heavy atom. The van der Waals surface area contributed by atoms with Gasteiger partial charge >= 0.3 is 0 Å². The fourth-order valence-electron chi connectivity index (χ4n) is 2.72. The molecule has 1 aromatic carbocycles. The highest BCUT2D eigenvalue weighted by Crippen LogP contribution is 2.34. The number of aromatic nitrogens is 2. The summed E-state index contributed by atoms with van der Waals surface area (Å²) < 4.78 is 0. The molecule has 3 heterocycles. The minimum atomic E-state index is 0.581. The number of H-pyrrole nitrogens is 1. The maximum atomic E-state index is 4.64. The smallest absolute Gasteiger partial charge is 0.176 e. The summed E-state index contributed by atoms with van der Waals surface area (Å²) in [4.78, 5) is 7.06. The van der Waals surface area contributed by atoms with Crippen LogP contribution >= 0.6 is 11.8 Å². The molecule has 19 heavy (non-hydrogen) atoms. The van der Waals surface area contributed by atoms with Crippen molar-refractivity contribution in [3.63, 3.8) is 0 Å². The fraction of sp³-hybridized carbons (Fsp3) is 0.286. The van der Waals surface area contributed by atoms with Crippen molar-refractivity contribution in [1.82, 2.24) is 15.1 Å². The molecule has 1 atom stereocenters. The van der Waals surface area contributed by atoms with E-state index in [9.17, 15) is 0 Å². The molecule has 0 bridgehead atoms. The highest BCUT2D eigenvalue weighted by atomic mass is 32.2. The van der Waals surface area contributed by atoms with Crippen LogP contribution in [0.4, 0.5) is 5.82 Å². The van der Waals surface area contributed by atoms with Crippen LogP contribution in [0.1, 0.15) is 11.1 Å². The standard InChI is InChI=1S/C14H14N4S/c1-2-4-11-8-18-12(7-10(11)3-1)9-19-14(18)16-13-5-6-15-17-13/h1-6,12H,7-9H2,(H,15,17)/t12-/m0/s1. The van der Waals surface area contributed by atoms with E-state index in [2.05, 4.69) is 44.4 Å². The van der Waals surface area contributed by atoms with Gasteiger partial charge in [0.05, 0.1) is 0 Å². The van der Waals surface area contributed by atoms with Gasteiger partial charge in [-0.1, -0.05) is 36.0 Å². The molecule has 4 rings (SSSR count). The minimum absolute atomic E-state index is 0.581. The van der Waals surface area contributed by atoms with Crippen molar-refractivity contribution in [2.45, 2.75) is 19.0 Å². The quantitative estimate of drug-likeness (QED) is 0.866. The molecule has 2 aliphatic rings. The average molecular weight is 270 g/mol. The van der Waals surface area contributed by atoms with Crippen LogP contribution < -0.4 is 0 Å². The van der Waals surface area contributed by atoms with E-state index in [1.54, 1.807) is 0 Å². The number of aliphatic imine (C=N–C) groups is 1. The zero-order chi connectivity index (χ0) is 12.7. The van der Waals surface area contributed by atoms with Gasteiger partial charge in [0, 0.05) is 30.6 Å². The molecule has 2 aromatic rings. The van der Waals surface area contributed by atoms with Crippen molar-refractivity contribution >= 4 is 22.7 Å². The topological polar surface area (TPSA) is 44.3 Å². The molecule has 1 aromatic heterocycles. The molecule has 0 spiro atoms. The van der Waals surface area contributed by atoms with Crippen LogP contribution in [0.3, 0.4) is 0 Å². The van der Waals surface area contributed by atoms with Crippen molar-refractivity contribution in [3.8, 4) is 0 Å². The summed E-state index contributed by atoms with van der Waals surface area (Å²) in [5.41, 5.74) is 2.92. The zero-order valence-corrected chi connectivity index (χ0v) is 11.2. The average Bonchev–Trinajstić information content (AvgIpc) is 3.08. The van der Waals surface area contributed by atoms with Gasteiger partial charge in [0.2, 0.25) is 0 Å². The van der Waals surface area contributed by atoms with Crippen LogP contribution in [0.5, 0.6) is 0 Å². The monoisotopic (exact) mass is 270 g/mol. The Balaban J connectivity index is 1.66. The molecule has 5 heteroatoms. The van der Waals surface area contributed by atoms with E-state index in [1.165, 1.54) is 11.1 Å². The largest absolute Gasteiger partial charge is 0.343 e. The maximum Gasteiger partial charge on any atom is 0.176 e. The molecular formula is C14H14N4S. The van der Waals surface area contributed by atoms with Crippen LogP contribution in [0, 0.1) is 0 Å². The highest BCUT2D eigenvalue weighted by Gasteiger charge is 2.34. The van der Waals surface area contributed by atoms with Gasteiger partial charge < -0.3 is 4.90 Å². The number of benzene rings is 1.